The number of hydrogen-bond donors (Lipinski definition) is 1. The van der Waals surface area contributed by atoms with Crippen LogP contribution in [-0.4, -0.2) is 11.3 Å². The minimum Gasteiger partial charge on any atom is -0.324 e. The lowest BCUT2D eigenvalue weighted by molar-refractivity contribution is -0.385. The molecule has 96 valence electrons. The summed E-state index contributed by atoms with van der Waals surface area (Å²) in [4.78, 5) is 10.0. The first-order valence-corrected chi connectivity index (χ1v) is 5.18. The van der Waals surface area contributed by atoms with E-state index in [4.69, 9.17) is 5.73 Å². The highest BCUT2D eigenvalue weighted by atomic mass is 79.9. The SMILES string of the molecule is Cl.N[C@H](CC(F)F)c1ccc(Br)c([N+](=O)[O-])c1. The van der Waals surface area contributed by atoms with Gasteiger partial charge in [-0.3, -0.25) is 10.1 Å². The number of alkyl halides is 2. The fourth-order valence-electron chi connectivity index (χ4n) is 1.23. The fourth-order valence-corrected chi connectivity index (χ4v) is 1.62. The zero-order valence-corrected chi connectivity index (χ0v) is 10.9. The number of nitrogens with zero attached hydrogens (tertiary/aromatic N) is 1. The van der Waals surface area contributed by atoms with E-state index >= 15 is 0 Å². The molecule has 0 spiro atoms. The number of rotatable bonds is 4. The molecule has 0 amide bonds. The Bertz CT molecular complexity index is 407. The third-order valence-electron chi connectivity index (χ3n) is 2.03. The lowest BCUT2D eigenvalue weighted by Crippen LogP contribution is -2.14. The van der Waals surface area contributed by atoms with Gasteiger partial charge in [-0.25, -0.2) is 8.78 Å². The maximum Gasteiger partial charge on any atom is 0.283 e. The maximum atomic E-state index is 12.1. The first-order valence-electron chi connectivity index (χ1n) is 4.39. The van der Waals surface area contributed by atoms with Gasteiger partial charge in [-0.2, -0.15) is 0 Å². The fraction of sp³-hybridized carbons (Fsp3) is 0.333. The molecule has 2 N–H and O–H groups in total. The molecule has 0 aliphatic carbocycles. The molecule has 1 rings (SSSR count). The molecule has 0 unspecified atom stereocenters. The van der Waals surface area contributed by atoms with Gasteiger partial charge in [0.2, 0.25) is 6.43 Å². The molecule has 1 aromatic carbocycles. The van der Waals surface area contributed by atoms with Crippen LogP contribution in [0, 0.1) is 10.1 Å². The molecule has 4 nitrogen and oxygen atoms in total. The first kappa shape index (κ1) is 16.2. The molecular formula is C9H10BrClF2N2O2. The van der Waals surface area contributed by atoms with Crippen LogP contribution in [0.1, 0.15) is 18.0 Å². The van der Waals surface area contributed by atoms with Crippen LogP contribution in [0.3, 0.4) is 0 Å². The van der Waals surface area contributed by atoms with Gasteiger partial charge in [0.1, 0.15) is 0 Å². The predicted molar refractivity (Wildman–Crippen MR) is 65.6 cm³/mol. The third kappa shape index (κ3) is 4.53. The summed E-state index contributed by atoms with van der Waals surface area (Å²) in [7, 11) is 0. The van der Waals surface area contributed by atoms with Gasteiger partial charge in [0.05, 0.1) is 9.40 Å². The molecular weight excluding hydrogens is 321 g/mol. The average molecular weight is 332 g/mol. The smallest absolute Gasteiger partial charge is 0.283 e. The van der Waals surface area contributed by atoms with Crippen molar-refractivity contribution in [2.75, 3.05) is 0 Å². The van der Waals surface area contributed by atoms with E-state index in [1.54, 1.807) is 0 Å². The van der Waals surface area contributed by atoms with E-state index in [1.807, 2.05) is 0 Å². The third-order valence-corrected chi connectivity index (χ3v) is 2.70. The lowest BCUT2D eigenvalue weighted by Gasteiger charge is -2.11. The van der Waals surface area contributed by atoms with Crippen molar-refractivity contribution in [3.05, 3.63) is 38.3 Å². The van der Waals surface area contributed by atoms with E-state index in [-0.39, 0.29) is 18.1 Å². The molecule has 17 heavy (non-hydrogen) atoms. The van der Waals surface area contributed by atoms with Crippen LogP contribution in [-0.2, 0) is 0 Å². The summed E-state index contributed by atoms with van der Waals surface area (Å²) in [5.41, 5.74) is 5.65. The molecule has 1 atom stereocenters. The second-order valence-electron chi connectivity index (χ2n) is 3.20. The quantitative estimate of drug-likeness (QED) is 0.679. The van der Waals surface area contributed by atoms with Crippen molar-refractivity contribution in [2.45, 2.75) is 18.9 Å². The normalized spacial score (nSPS) is 12.1. The highest BCUT2D eigenvalue weighted by molar-refractivity contribution is 9.10. The molecule has 1 aromatic rings. The van der Waals surface area contributed by atoms with E-state index in [0.717, 1.165) is 0 Å². The van der Waals surface area contributed by atoms with E-state index in [2.05, 4.69) is 15.9 Å². The Morgan fingerprint density at radius 3 is 2.53 bits per heavy atom. The predicted octanol–water partition coefficient (Wildman–Crippen LogP) is 3.43. The maximum absolute atomic E-state index is 12.1. The van der Waals surface area contributed by atoms with Gasteiger partial charge in [-0.05, 0) is 27.6 Å². The highest BCUT2D eigenvalue weighted by Crippen LogP contribution is 2.29. The lowest BCUT2D eigenvalue weighted by atomic mass is 10.0. The minimum absolute atomic E-state index is 0. The van der Waals surface area contributed by atoms with Gasteiger partial charge in [0, 0.05) is 18.5 Å². The van der Waals surface area contributed by atoms with Crippen LogP contribution >= 0.6 is 28.3 Å². The van der Waals surface area contributed by atoms with Crippen LogP contribution in [0.15, 0.2) is 22.7 Å². The van der Waals surface area contributed by atoms with Gasteiger partial charge >= 0.3 is 0 Å². The van der Waals surface area contributed by atoms with Crippen LogP contribution in [0.25, 0.3) is 0 Å². The Morgan fingerprint density at radius 1 is 1.47 bits per heavy atom. The summed E-state index contributed by atoms with van der Waals surface area (Å²) in [6.45, 7) is 0. The Labute approximate surface area is 111 Å². The largest absolute Gasteiger partial charge is 0.324 e. The minimum atomic E-state index is -2.53. The first-order chi connectivity index (χ1) is 7.41. The van der Waals surface area contributed by atoms with Gasteiger partial charge in [0.25, 0.3) is 5.69 Å². The topological polar surface area (TPSA) is 69.2 Å². The molecule has 0 aliphatic heterocycles. The molecule has 0 aromatic heterocycles. The summed E-state index contributed by atoms with van der Waals surface area (Å²) in [5, 5.41) is 10.6. The molecule has 0 fully saturated rings. The van der Waals surface area contributed by atoms with Crippen molar-refractivity contribution in [1.29, 1.82) is 0 Å². The van der Waals surface area contributed by atoms with Gasteiger partial charge < -0.3 is 5.73 Å². The Balaban J connectivity index is 0.00000256. The second kappa shape index (κ2) is 6.83. The number of nitrogens with two attached hydrogens (primary N) is 1. The van der Waals surface area contributed by atoms with E-state index in [0.29, 0.717) is 10.0 Å². The van der Waals surface area contributed by atoms with Crippen molar-refractivity contribution in [3.8, 4) is 0 Å². The Kier molecular flexibility index (Phi) is 6.51. The van der Waals surface area contributed by atoms with Crippen LogP contribution in [0.4, 0.5) is 14.5 Å². The number of benzene rings is 1. The zero-order valence-electron chi connectivity index (χ0n) is 8.48. The summed E-state index contributed by atoms with van der Waals surface area (Å²) in [6.07, 6.45) is -3.04. The van der Waals surface area contributed by atoms with Crippen molar-refractivity contribution in [1.82, 2.24) is 0 Å². The summed E-state index contributed by atoms with van der Waals surface area (Å²) in [5.74, 6) is 0. The van der Waals surface area contributed by atoms with Crippen molar-refractivity contribution < 1.29 is 13.7 Å². The number of hydrogen-bond acceptors (Lipinski definition) is 3. The van der Waals surface area contributed by atoms with Gasteiger partial charge in [0.15, 0.2) is 0 Å². The molecule has 0 bridgehead atoms. The van der Waals surface area contributed by atoms with Crippen molar-refractivity contribution in [2.24, 2.45) is 5.73 Å². The summed E-state index contributed by atoms with van der Waals surface area (Å²) in [6, 6.07) is 3.23. The van der Waals surface area contributed by atoms with E-state index in [1.165, 1.54) is 18.2 Å². The van der Waals surface area contributed by atoms with Gasteiger partial charge in [-0.15, -0.1) is 12.4 Å². The molecule has 0 aliphatic rings. The monoisotopic (exact) mass is 330 g/mol. The Morgan fingerprint density at radius 2 is 2.06 bits per heavy atom. The molecule has 0 saturated heterocycles. The molecule has 8 heteroatoms. The average Bonchev–Trinajstić information content (AvgIpc) is 2.16. The number of halogens is 4. The second-order valence-corrected chi connectivity index (χ2v) is 4.06. The zero-order chi connectivity index (χ0) is 12.3. The van der Waals surface area contributed by atoms with Crippen LogP contribution in [0.2, 0.25) is 0 Å². The molecule has 0 heterocycles. The van der Waals surface area contributed by atoms with E-state index in [9.17, 15) is 18.9 Å². The highest BCUT2D eigenvalue weighted by Gasteiger charge is 2.18. The van der Waals surface area contributed by atoms with Crippen molar-refractivity contribution >= 4 is 34.0 Å². The number of nitro groups is 1. The number of nitro benzene ring substituents is 1. The summed E-state index contributed by atoms with van der Waals surface area (Å²) >= 11 is 3.00. The Hall–Kier alpha value is -0.790. The van der Waals surface area contributed by atoms with E-state index < -0.39 is 23.8 Å². The summed E-state index contributed by atoms with van der Waals surface area (Å²) < 4.78 is 24.5. The molecule has 0 saturated carbocycles. The molecule has 0 radical (unpaired) electrons. The standard InChI is InChI=1S/C9H9BrF2N2O2.ClH/c10-6-2-1-5(3-8(6)14(15)16)7(13)4-9(11)12;/h1-3,7,9H,4,13H2;1H/t7-;/m1./s1. The van der Waals surface area contributed by atoms with Gasteiger partial charge in [-0.1, -0.05) is 6.07 Å². The van der Waals surface area contributed by atoms with Crippen LogP contribution < -0.4 is 5.73 Å². The van der Waals surface area contributed by atoms with Crippen LogP contribution in [0.5, 0.6) is 0 Å². The van der Waals surface area contributed by atoms with Crippen molar-refractivity contribution in [3.63, 3.8) is 0 Å².